The Morgan fingerprint density at radius 2 is 1.90 bits per heavy atom. The van der Waals surface area contributed by atoms with Gasteiger partial charge in [0.05, 0.1) is 6.26 Å². The number of nitrogens with one attached hydrogen (secondary N) is 1. The molecule has 0 saturated heterocycles. The van der Waals surface area contributed by atoms with Crippen LogP contribution in [0.5, 0.6) is 0 Å². The predicted molar refractivity (Wildman–Crippen MR) is 84.3 cm³/mol. The van der Waals surface area contributed by atoms with Crippen molar-refractivity contribution >= 4 is 15.9 Å². The van der Waals surface area contributed by atoms with Crippen LogP contribution in [-0.2, 0) is 14.8 Å². The van der Waals surface area contributed by atoms with Crippen molar-refractivity contribution in [3.63, 3.8) is 0 Å². The highest BCUT2D eigenvalue weighted by atomic mass is 32.2. The van der Waals surface area contributed by atoms with Gasteiger partial charge >= 0.3 is 0 Å². The van der Waals surface area contributed by atoms with Crippen LogP contribution in [0.4, 0.5) is 0 Å². The van der Waals surface area contributed by atoms with E-state index in [2.05, 4.69) is 5.32 Å². The Balaban J connectivity index is 2.72. The normalized spacial score (nSPS) is 13.1. The standard InChI is InChI=1S/C15H24N2O3S/c1-4-8-15(18)16-11-12-17(21(3,19)20)13(2)14-9-6-5-7-10-14/h5-7,9-10,13H,4,8,11-12H2,1-3H3,(H,16,18). The number of sulfonamides is 1. The second-order valence-electron chi connectivity index (χ2n) is 5.06. The Morgan fingerprint density at radius 1 is 1.29 bits per heavy atom. The first-order chi connectivity index (χ1) is 9.86. The molecule has 0 heterocycles. The molecule has 1 aromatic rings. The monoisotopic (exact) mass is 312 g/mol. The lowest BCUT2D eigenvalue weighted by atomic mass is 10.1. The van der Waals surface area contributed by atoms with Gasteiger partial charge in [0.1, 0.15) is 0 Å². The first-order valence-electron chi connectivity index (χ1n) is 7.14. The molecule has 0 saturated carbocycles. The van der Waals surface area contributed by atoms with E-state index < -0.39 is 10.0 Å². The summed E-state index contributed by atoms with van der Waals surface area (Å²) >= 11 is 0. The lowest BCUT2D eigenvalue weighted by Gasteiger charge is -2.27. The van der Waals surface area contributed by atoms with E-state index in [1.807, 2.05) is 44.2 Å². The van der Waals surface area contributed by atoms with Gasteiger partial charge in [-0.1, -0.05) is 37.3 Å². The molecular formula is C15H24N2O3S. The predicted octanol–water partition coefficient (Wildman–Crippen LogP) is 1.93. The Morgan fingerprint density at radius 3 is 2.43 bits per heavy atom. The summed E-state index contributed by atoms with van der Waals surface area (Å²) in [7, 11) is -3.34. The minimum atomic E-state index is -3.34. The highest BCUT2D eigenvalue weighted by molar-refractivity contribution is 7.88. The van der Waals surface area contributed by atoms with Crippen molar-refractivity contribution in [2.75, 3.05) is 19.3 Å². The molecule has 6 heteroatoms. The molecule has 0 aliphatic carbocycles. The van der Waals surface area contributed by atoms with Crippen LogP contribution >= 0.6 is 0 Å². The lowest BCUT2D eigenvalue weighted by Crippen LogP contribution is -2.39. The zero-order valence-electron chi connectivity index (χ0n) is 12.9. The third kappa shape index (κ3) is 5.85. The number of hydrogen-bond acceptors (Lipinski definition) is 3. The third-order valence-corrected chi connectivity index (χ3v) is 4.62. The molecule has 1 amide bonds. The van der Waals surface area contributed by atoms with Crippen LogP contribution in [-0.4, -0.2) is 38.0 Å². The van der Waals surface area contributed by atoms with Crippen LogP contribution in [0, 0.1) is 0 Å². The molecule has 1 atom stereocenters. The van der Waals surface area contributed by atoms with E-state index in [-0.39, 0.29) is 18.5 Å². The van der Waals surface area contributed by atoms with Gasteiger partial charge in [0, 0.05) is 25.6 Å². The summed E-state index contributed by atoms with van der Waals surface area (Å²) in [6.45, 7) is 4.37. The molecule has 0 aliphatic rings. The Hall–Kier alpha value is -1.40. The van der Waals surface area contributed by atoms with Gasteiger partial charge in [0.15, 0.2) is 0 Å². The van der Waals surface area contributed by atoms with Crippen molar-refractivity contribution in [2.45, 2.75) is 32.7 Å². The van der Waals surface area contributed by atoms with Crippen LogP contribution in [0.15, 0.2) is 30.3 Å². The molecule has 0 bridgehead atoms. The molecule has 0 radical (unpaired) electrons. The average molecular weight is 312 g/mol. The van der Waals surface area contributed by atoms with Gasteiger partial charge in [0.25, 0.3) is 0 Å². The smallest absolute Gasteiger partial charge is 0.220 e. The molecule has 1 aromatic carbocycles. The van der Waals surface area contributed by atoms with Crippen LogP contribution in [0.2, 0.25) is 0 Å². The molecule has 118 valence electrons. The molecule has 1 rings (SSSR count). The summed E-state index contributed by atoms with van der Waals surface area (Å²) in [4.78, 5) is 11.4. The molecule has 0 aromatic heterocycles. The largest absolute Gasteiger partial charge is 0.355 e. The molecule has 1 N–H and O–H groups in total. The van der Waals surface area contributed by atoms with Crippen LogP contribution in [0.1, 0.15) is 38.3 Å². The van der Waals surface area contributed by atoms with Gasteiger partial charge in [-0.25, -0.2) is 8.42 Å². The minimum absolute atomic E-state index is 0.0432. The van der Waals surface area contributed by atoms with E-state index in [0.29, 0.717) is 13.0 Å². The summed E-state index contributed by atoms with van der Waals surface area (Å²) in [6, 6.07) is 9.21. The molecular weight excluding hydrogens is 288 g/mol. The van der Waals surface area contributed by atoms with Gasteiger partial charge in [-0.15, -0.1) is 0 Å². The van der Waals surface area contributed by atoms with Crippen LogP contribution < -0.4 is 5.32 Å². The summed E-state index contributed by atoms with van der Waals surface area (Å²) in [5.41, 5.74) is 0.933. The van der Waals surface area contributed by atoms with Crippen molar-refractivity contribution in [1.82, 2.24) is 9.62 Å². The zero-order valence-corrected chi connectivity index (χ0v) is 13.7. The van der Waals surface area contributed by atoms with Gasteiger partial charge in [-0.2, -0.15) is 4.31 Å². The van der Waals surface area contributed by atoms with Gasteiger partial charge in [-0.3, -0.25) is 4.79 Å². The van der Waals surface area contributed by atoms with E-state index in [4.69, 9.17) is 0 Å². The van der Waals surface area contributed by atoms with Crippen molar-refractivity contribution in [3.8, 4) is 0 Å². The maximum Gasteiger partial charge on any atom is 0.220 e. The van der Waals surface area contributed by atoms with E-state index in [9.17, 15) is 13.2 Å². The quantitative estimate of drug-likeness (QED) is 0.797. The van der Waals surface area contributed by atoms with Gasteiger partial charge < -0.3 is 5.32 Å². The lowest BCUT2D eigenvalue weighted by molar-refractivity contribution is -0.121. The van der Waals surface area contributed by atoms with E-state index in [0.717, 1.165) is 12.0 Å². The third-order valence-electron chi connectivity index (χ3n) is 3.27. The number of rotatable bonds is 8. The fraction of sp³-hybridized carbons (Fsp3) is 0.533. The topological polar surface area (TPSA) is 66.5 Å². The fourth-order valence-corrected chi connectivity index (χ4v) is 3.28. The van der Waals surface area contributed by atoms with Gasteiger partial charge in [-0.05, 0) is 18.9 Å². The highest BCUT2D eigenvalue weighted by Crippen LogP contribution is 2.21. The molecule has 21 heavy (non-hydrogen) atoms. The number of nitrogens with zero attached hydrogens (tertiary/aromatic N) is 1. The molecule has 1 unspecified atom stereocenters. The van der Waals surface area contributed by atoms with Gasteiger partial charge in [0.2, 0.25) is 15.9 Å². The van der Waals surface area contributed by atoms with Crippen LogP contribution in [0.25, 0.3) is 0 Å². The number of hydrogen-bond donors (Lipinski definition) is 1. The second kappa shape index (κ2) is 8.14. The maximum atomic E-state index is 12.0. The fourth-order valence-electron chi connectivity index (χ4n) is 2.17. The number of carbonyl (C=O) groups excluding carboxylic acids is 1. The Labute approximate surface area is 127 Å². The molecule has 5 nitrogen and oxygen atoms in total. The van der Waals surface area contributed by atoms with E-state index >= 15 is 0 Å². The van der Waals surface area contributed by atoms with Crippen LogP contribution in [0.3, 0.4) is 0 Å². The summed E-state index contributed by atoms with van der Waals surface area (Å²) in [5.74, 6) is -0.0432. The first-order valence-corrected chi connectivity index (χ1v) is 8.99. The van der Waals surface area contributed by atoms with E-state index in [1.54, 1.807) is 0 Å². The summed E-state index contributed by atoms with van der Waals surface area (Å²) in [6.07, 6.45) is 2.44. The summed E-state index contributed by atoms with van der Waals surface area (Å²) in [5, 5.41) is 2.75. The molecule has 0 fully saturated rings. The van der Waals surface area contributed by atoms with Crippen molar-refractivity contribution in [3.05, 3.63) is 35.9 Å². The van der Waals surface area contributed by atoms with Crippen molar-refractivity contribution in [2.24, 2.45) is 0 Å². The SMILES string of the molecule is CCCC(=O)NCCN(C(C)c1ccccc1)S(C)(=O)=O. The van der Waals surface area contributed by atoms with Crippen molar-refractivity contribution in [1.29, 1.82) is 0 Å². The minimum Gasteiger partial charge on any atom is -0.355 e. The molecule has 0 aliphatic heterocycles. The Kier molecular flexibility index (Phi) is 6.84. The highest BCUT2D eigenvalue weighted by Gasteiger charge is 2.24. The molecule has 0 spiro atoms. The summed E-state index contributed by atoms with van der Waals surface area (Å²) < 4.78 is 25.3. The van der Waals surface area contributed by atoms with E-state index in [1.165, 1.54) is 10.6 Å². The zero-order chi connectivity index (χ0) is 15.9. The second-order valence-corrected chi connectivity index (χ2v) is 7.00. The van der Waals surface area contributed by atoms with Crippen molar-refractivity contribution < 1.29 is 13.2 Å². The average Bonchev–Trinajstić information content (AvgIpc) is 2.43. The number of amides is 1. The number of carbonyl (C=O) groups is 1. The maximum absolute atomic E-state index is 12.0. The Bertz CT molecular complexity index is 543. The first kappa shape index (κ1) is 17.7. The number of benzene rings is 1.